The predicted octanol–water partition coefficient (Wildman–Crippen LogP) is 3.62. The molecule has 136 valence electrons. The van der Waals surface area contributed by atoms with Gasteiger partial charge in [-0.1, -0.05) is 37.3 Å². The van der Waals surface area contributed by atoms with E-state index in [9.17, 15) is 9.59 Å². The van der Waals surface area contributed by atoms with Crippen molar-refractivity contribution in [3.8, 4) is 0 Å². The van der Waals surface area contributed by atoms with Gasteiger partial charge in [-0.05, 0) is 55.2 Å². The number of rotatable bonds is 6. The van der Waals surface area contributed by atoms with Crippen LogP contribution in [0.5, 0.6) is 0 Å². The van der Waals surface area contributed by atoms with E-state index in [-0.39, 0.29) is 23.4 Å². The smallest absolute Gasteiger partial charge is 0.251 e. The number of pyridine rings is 1. The molecule has 4 rings (SSSR count). The zero-order chi connectivity index (χ0) is 18.1. The van der Waals surface area contributed by atoms with Crippen LogP contribution >= 0.6 is 0 Å². The lowest BCUT2D eigenvalue weighted by atomic mass is 9.87. The molecule has 2 aliphatic rings. The van der Waals surface area contributed by atoms with Crippen LogP contribution in [0.25, 0.3) is 0 Å². The Morgan fingerprint density at radius 3 is 2.38 bits per heavy atom. The Balaban J connectivity index is 1.65. The number of H-pyrrole nitrogens is 1. The van der Waals surface area contributed by atoms with Crippen molar-refractivity contribution in [2.75, 3.05) is 0 Å². The van der Waals surface area contributed by atoms with Crippen LogP contribution in [-0.2, 0) is 11.2 Å². The van der Waals surface area contributed by atoms with Crippen LogP contribution < -0.4 is 10.9 Å². The van der Waals surface area contributed by atoms with Crippen molar-refractivity contribution in [2.24, 2.45) is 0 Å². The van der Waals surface area contributed by atoms with Crippen molar-refractivity contribution in [1.82, 2.24) is 10.3 Å². The topological polar surface area (TPSA) is 62.0 Å². The van der Waals surface area contributed by atoms with E-state index in [0.717, 1.165) is 43.4 Å². The number of aryl methyl sites for hydroxylation is 1. The maximum absolute atomic E-state index is 12.5. The second-order valence-corrected chi connectivity index (χ2v) is 7.66. The summed E-state index contributed by atoms with van der Waals surface area (Å²) in [6.45, 7) is 2.15. The zero-order valence-electron chi connectivity index (χ0n) is 15.3. The molecule has 1 aliphatic heterocycles. The number of nitrogens with one attached hydrogen (secondary N) is 2. The molecule has 0 radical (unpaired) electrons. The van der Waals surface area contributed by atoms with Crippen LogP contribution in [0.4, 0.5) is 0 Å². The van der Waals surface area contributed by atoms with E-state index in [1.165, 1.54) is 11.1 Å². The van der Waals surface area contributed by atoms with Crippen LogP contribution in [0.3, 0.4) is 0 Å². The molecule has 1 aromatic heterocycles. The average molecular weight is 350 g/mol. The average Bonchev–Trinajstić information content (AvgIpc) is 3.41. The molecule has 2 aromatic rings. The maximum Gasteiger partial charge on any atom is 0.251 e. The molecule has 0 unspecified atom stereocenters. The second-order valence-electron chi connectivity index (χ2n) is 7.66. The van der Waals surface area contributed by atoms with Crippen molar-refractivity contribution in [3.05, 3.63) is 69.1 Å². The summed E-state index contributed by atoms with van der Waals surface area (Å²) < 4.78 is 0. The van der Waals surface area contributed by atoms with Gasteiger partial charge in [0.15, 0.2) is 0 Å². The van der Waals surface area contributed by atoms with E-state index < -0.39 is 0 Å². The third-order valence-corrected chi connectivity index (χ3v) is 5.75. The van der Waals surface area contributed by atoms with Crippen LogP contribution in [0.2, 0.25) is 0 Å². The molecule has 26 heavy (non-hydrogen) atoms. The number of benzene rings is 1. The molecule has 2 atom stereocenters. The first-order valence-corrected chi connectivity index (χ1v) is 9.75. The van der Waals surface area contributed by atoms with Crippen molar-refractivity contribution in [2.45, 2.75) is 63.3 Å². The number of hydrogen-bond acceptors (Lipinski definition) is 2. The van der Waals surface area contributed by atoms with Gasteiger partial charge in [-0.15, -0.1) is 0 Å². The van der Waals surface area contributed by atoms with Crippen LogP contribution in [-0.4, -0.2) is 16.9 Å². The Morgan fingerprint density at radius 2 is 1.81 bits per heavy atom. The van der Waals surface area contributed by atoms with Gasteiger partial charge in [0, 0.05) is 29.6 Å². The van der Waals surface area contributed by atoms with Gasteiger partial charge in [-0.2, -0.15) is 0 Å². The quantitative estimate of drug-likeness (QED) is 0.836. The van der Waals surface area contributed by atoms with Crippen molar-refractivity contribution in [1.29, 1.82) is 0 Å². The third-order valence-electron chi connectivity index (χ3n) is 5.75. The van der Waals surface area contributed by atoms with E-state index in [4.69, 9.17) is 0 Å². The number of hydrogen-bond donors (Lipinski definition) is 2. The molecule has 0 bridgehead atoms. The SMILES string of the molecule is CCc1ccc([C@@H](C[C@H]2CCC(=O)N2)c2ccc(C3CC3)c(=O)[nH]2)cc1. The van der Waals surface area contributed by atoms with E-state index >= 15 is 0 Å². The molecule has 4 nitrogen and oxygen atoms in total. The minimum atomic E-state index is 0.0515. The summed E-state index contributed by atoms with van der Waals surface area (Å²) >= 11 is 0. The fourth-order valence-electron chi connectivity index (χ4n) is 3.99. The molecule has 1 saturated heterocycles. The highest BCUT2D eigenvalue weighted by atomic mass is 16.2. The third kappa shape index (κ3) is 3.59. The molecular weight excluding hydrogens is 324 g/mol. The standard InChI is InChI=1S/C22H26N2O2/c1-2-14-3-5-16(6-4-14)19(13-17-9-12-21(25)23-17)20-11-10-18(15-7-8-15)22(26)24-20/h3-6,10-11,15,17,19H,2,7-9,12-13H2,1H3,(H,23,25)(H,24,26)/t17-,19-/m1/s1. The number of carbonyl (C=O) groups excluding carboxylic acids is 1. The van der Waals surface area contributed by atoms with Gasteiger partial charge in [-0.3, -0.25) is 9.59 Å². The summed E-state index contributed by atoms with van der Waals surface area (Å²) in [4.78, 5) is 27.3. The molecule has 1 aromatic carbocycles. The normalized spacial score (nSPS) is 20.8. The molecule has 2 heterocycles. The largest absolute Gasteiger partial charge is 0.353 e. The van der Waals surface area contributed by atoms with Crippen molar-refractivity contribution >= 4 is 5.91 Å². The lowest BCUT2D eigenvalue weighted by Crippen LogP contribution is -2.28. The van der Waals surface area contributed by atoms with Crippen LogP contribution in [0.1, 0.15) is 73.2 Å². The van der Waals surface area contributed by atoms with Gasteiger partial charge in [0.05, 0.1) is 0 Å². The van der Waals surface area contributed by atoms with Crippen molar-refractivity contribution < 1.29 is 4.79 Å². The lowest BCUT2D eigenvalue weighted by Gasteiger charge is -2.22. The summed E-state index contributed by atoms with van der Waals surface area (Å²) in [5.41, 5.74) is 4.42. The fourth-order valence-corrected chi connectivity index (χ4v) is 3.99. The Kier molecular flexibility index (Phi) is 4.66. The Morgan fingerprint density at radius 1 is 1.04 bits per heavy atom. The van der Waals surface area contributed by atoms with E-state index in [0.29, 0.717) is 12.3 Å². The number of amides is 1. The second kappa shape index (κ2) is 7.10. The van der Waals surface area contributed by atoms with Gasteiger partial charge in [0.1, 0.15) is 0 Å². The predicted molar refractivity (Wildman–Crippen MR) is 102 cm³/mol. The van der Waals surface area contributed by atoms with Gasteiger partial charge in [0.2, 0.25) is 5.91 Å². The van der Waals surface area contributed by atoms with E-state index in [1.54, 1.807) is 0 Å². The first-order valence-electron chi connectivity index (χ1n) is 9.75. The van der Waals surface area contributed by atoms with E-state index in [2.05, 4.69) is 47.6 Å². The molecule has 0 spiro atoms. The lowest BCUT2D eigenvalue weighted by molar-refractivity contribution is -0.119. The molecule has 4 heteroatoms. The number of carbonyl (C=O) groups is 1. The highest BCUT2D eigenvalue weighted by molar-refractivity contribution is 5.78. The summed E-state index contributed by atoms with van der Waals surface area (Å²) in [5.74, 6) is 0.669. The van der Waals surface area contributed by atoms with Crippen LogP contribution in [0.15, 0.2) is 41.2 Å². The van der Waals surface area contributed by atoms with Gasteiger partial charge < -0.3 is 10.3 Å². The summed E-state index contributed by atoms with van der Waals surface area (Å²) in [6.07, 6.45) is 5.54. The molecule has 1 saturated carbocycles. The van der Waals surface area contributed by atoms with Gasteiger partial charge in [-0.25, -0.2) is 0 Å². The fraction of sp³-hybridized carbons (Fsp3) is 0.455. The molecule has 2 fully saturated rings. The molecule has 1 aliphatic carbocycles. The number of aromatic nitrogens is 1. The molecular formula is C22H26N2O2. The maximum atomic E-state index is 12.5. The Bertz CT molecular complexity index is 849. The van der Waals surface area contributed by atoms with Gasteiger partial charge in [0.25, 0.3) is 5.56 Å². The molecule has 2 N–H and O–H groups in total. The van der Waals surface area contributed by atoms with Crippen molar-refractivity contribution in [3.63, 3.8) is 0 Å². The minimum absolute atomic E-state index is 0.0515. The van der Waals surface area contributed by atoms with Crippen LogP contribution in [0, 0.1) is 0 Å². The summed E-state index contributed by atoms with van der Waals surface area (Å²) in [6, 6.07) is 12.9. The molecule has 1 amide bonds. The number of aromatic amines is 1. The minimum Gasteiger partial charge on any atom is -0.353 e. The first-order chi connectivity index (χ1) is 12.6. The summed E-state index contributed by atoms with van der Waals surface area (Å²) in [7, 11) is 0. The summed E-state index contributed by atoms with van der Waals surface area (Å²) in [5, 5.41) is 3.07. The monoisotopic (exact) mass is 350 g/mol. The highest BCUT2D eigenvalue weighted by Gasteiger charge is 2.29. The Hall–Kier alpha value is -2.36. The zero-order valence-corrected chi connectivity index (χ0v) is 15.3. The van der Waals surface area contributed by atoms with E-state index in [1.807, 2.05) is 6.07 Å². The first kappa shape index (κ1) is 17.1. The highest BCUT2D eigenvalue weighted by Crippen LogP contribution is 2.38. The Labute approximate surface area is 154 Å². The van der Waals surface area contributed by atoms with Gasteiger partial charge >= 0.3 is 0 Å².